The molecule has 0 saturated heterocycles. The van der Waals surface area contributed by atoms with Crippen LogP contribution in [0.1, 0.15) is 44.4 Å². The third kappa shape index (κ3) is 2.88. The predicted octanol–water partition coefficient (Wildman–Crippen LogP) is 4.76. The molecule has 5 nitrogen and oxygen atoms in total. The van der Waals surface area contributed by atoms with Crippen molar-refractivity contribution >= 4 is 21.9 Å². The van der Waals surface area contributed by atoms with E-state index < -0.39 is 0 Å². The molecule has 0 N–H and O–H groups in total. The summed E-state index contributed by atoms with van der Waals surface area (Å²) >= 11 is 3.44. The van der Waals surface area contributed by atoms with E-state index in [0.717, 1.165) is 47.1 Å². The molecule has 4 bridgehead atoms. The van der Waals surface area contributed by atoms with Crippen molar-refractivity contribution < 1.29 is 14.1 Å². The number of hydrogen-bond donors (Lipinski definition) is 0. The number of ether oxygens (including phenoxy) is 1. The van der Waals surface area contributed by atoms with Crippen LogP contribution in [-0.4, -0.2) is 16.1 Å². The van der Waals surface area contributed by atoms with Gasteiger partial charge < -0.3 is 9.26 Å². The number of halogens is 1. The van der Waals surface area contributed by atoms with Crippen LogP contribution in [0.25, 0.3) is 11.4 Å². The summed E-state index contributed by atoms with van der Waals surface area (Å²) in [5.41, 5.74) is 0.615. The van der Waals surface area contributed by atoms with Gasteiger partial charge in [0.1, 0.15) is 0 Å². The lowest BCUT2D eigenvalue weighted by atomic mass is 9.49. The number of carbonyl (C=O) groups is 1. The number of rotatable bonds is 4. The topological polar surface area (TPSA) is 65.2 Å². The highest BCUT2D eigenvalue weighted by atomic mass is 79.9. The Hall–Kier alpha value is -1.69. The largest absolute Gasteiger partial charge is 0.455 e. The first kappa shape index (κ1) is 16.5. The maximum Gasteiger partial charge on any atom is 0.312 e. The number of aromatic nitrogens is 2. The number of benzene rings is 1. The van der Waals surface area contributed by atoms with Gasteiger partial charge >= 0.3 is 5.97 Å². The van der Waals surface area contributed by atoms with E-state index in [2.05, 4.69) is 26.1 Å². The highest BCUT2D eigenvalue weighted by molar-refractivity contribution is 9.10. The molecule has 0 radical (unpaired) electrons. The Bertz CT molecular complexity index is 812. The number of nitrogens with zero attached hydrogens (tertiary/aromatic N) is 2. The zero-order valence-electron chi connectivity index (χ0n) is 14.5. The number of hydrogen-bond acceptors (Lipinski definition) is 5. The lowest BCUT2D eigenvalue weighted by Gasteiger charge is -2.55. The minimum absolute atomic E-state index is 0.0567. The Morgan fingerprint density at radius 1 is 1.19 bits per heavy atom. The van der Waals surface area contributed by atoms with Gasteiger partial charge in [0.05, 0.1) is 5.41 Å². The van der Waals surface area contributed by atoms with Crippen LogP contribution in [0.3, 0.4) is 0 Å². The molecule has 4 fully saturated rings. The van der Waals surface area contributed by atoms with E-state index in [0.29, 0.717) is 11.7 Å². The standard InChI is InChI=1S/C20H21BrN2O3/c21-16-3-1-2-15(7-16)18-22-17(26-23-18)11-25-19(24)20-8-12-4-13(9-20)6-14(5-12)10-20/h1-3,7,12-14H,4-6,8-11H2. The maximum atomic E-state index is 12.9. The van der Waals surface area contributed by atoms with Gasteiger partial charge in [0.15, 0.2) is 6.61 Å². The highest BCUT2D eigenvalue weighted by Gasteiger charge is 2.55. The zero-order valence-corrected chi connectivity index (χ0v) is 16.1. The predicted molar refractivity (Wildman–Crippen MR) is 97.8 cm³/mol. The van der Waals surface area contributed by atoms with Crippen molar-refractivity contribution in [1.82, 2.24) is 10.1 Å². The Kier molecular flexibility index (Phi) is 3.92. The minimum Gasteiger partial charge on any atom is -0.455 e. The van der Waals surface area contributed by atoms with E-state index in [4.69, 9.17) is 9.26 Å². The van der Waals surface area contributed by atoms with Crippen LogP contribution in [0.2, 0.25) is 0 Å². The second-order valence-corrected chi connectivity index (χ2v) is 9.21. The van der Waals surface area contributed by atoms with Crippen molar-refractivity contribution in [3.8, 4) is 11.4 Å². The fourth-order valence-corrected chi connectivity index (χ4v) is 6.10. The molecule has 0 atom stereocenters. The molecule has 4 aliphatic rings. The molecule has 6 heteroatoms. The summed E-state index contributed by atoms with van der Waals surface area (Å²) in [6.45, 7) is 0.0571. The second kappa shape index (κ2) is 6.19. The van der Waals surface area contributed by atoms with Crippen molar-refractivity contribution in [2.45, 2.75) is 45.1 Å². The molecule has 2 aromatic rings. The molecule has 136 valence electrons. The number of carbonyl (C=O) groups excluding carboxylic acids is 1. The Morgan fingerprint density at radius 2 is 1.88 bits per heavy atom. The van der Waals surface area contributed by atoms with Gasteiger partial charge in [-0.1, -0.05) is 33.2 Å². The van der Waals surface area contributed by atoms with Crippen LogP contribution in [0.5, 0.6) is 0 Å². The van der Waals surface area contributed by atoms with Crippen LogP contribution in [0, 0.1) is 23.2 Å². The normalized spacial score (nSPS) is 32.0. The summed E-state index contributed by atoms with van der Waals surface area (Å²) < 4.78 is 11.9. The minimum atomic E-state index is -0.248. The molecular weight excluding hydrogens is 396 g/mol. The van der Waals surface area contributed by atoms with Gasteiger partial charge in [0.2, 0.25) is 5.82 Å². The van der Waals surface area contributed by atoms with E-state index >= 15 is 0 Å². The molecule has 4 aliphatic carbocycles. The quantitative estimate of drug-likeness (QED) is 0.672. The van der Waals surface area contributed by atoms with Crippen LogP contribution >= 0.6 is 15.9 Å². The van der Waals surface area contributed by atoms with Gasteiger partial charge in [0.25, 0.3) is 5.89 Å². The summed E-state index contributed by atoms with van der Waals surface area (Å²) in [6.07, 6.45) is 6.95. The molecular formula is C20H21BrN2O3. The first-order chi connectivity index (χ1) is 12.6. The Morgan fingerprint density at radius 3 is 2.54 bits per heavy atom. The summed E-state index contributed by atoms with van der Waals surface area (Å²) in [5, 5.41) is 4.00. The SMILES string of the molecule is O=C(OCc1nc(-c2cccc(Br)c2)no1)C12CC3CC(CC(C3)C1)C2. The van der Waals surface area contributed by atoms with E-state index in [1.807, 2.05) is 24.3 Å². The molecule has 0 spiro atoms. The molecule has 1 aromatic carbocycles. The maximum absolute atomic E-state index is 12.9. The Labute approximate surface area is 160 Å². The fraction of sp³-hybridized carbons (Fsp3) is 0.550. The molecule has 0 unspecified atom stereocenters. The van der Waals surface area contributed by atoms with Gasteiger partial charge in [0, 0.05) is 10.0 Å². The number of esters is 1. The molecule has 0 amide bonds. The molecule has 0 aliphatic heterocycles. The zero-order chi connectivity index (χ0) is 17.7. The second-order valence-electron chi connectivity index (χ2n) is 8.30. The smallest absolute Gasteiger partial charge is 0.312 e. The van der Waals surface area contributed by atoms with Crippen LogP contribution in [0.4, 0.5) is 0 Å². The lowest BCUT2D eigenvalue weighted by Crippen LogP contribution is -2.50. The van der Waals surface area contributed by atoms with Gasteiger partial charge in [-0.3, -0.25) is 4.79 Å². The average Bonchev–Trinajstić information content (AvgIpc) is 3.07. The highest BCUT2D eigenvalue weighted by Crippen LogP contribution is 2.60. The van der Waals surface area contributed by atoms with E-state index in [9.17, 15) is 4.79 Å². The van der Waals surface area contributed by atoms with Gasteiger partial charge in [-0.25, -0.2) is 0 Å². The third-order valence-electron chi connectivity index (χ3n) is 6.35. The van der Waals surface area contributed by atoms with Crippen molar-refractivity contribution in [3.63, 3.8) is 0 Å². The summed E-state index contributed by atoms with van der Waals surface area (Å²) in [4.78, 5) is 17.2. The van der Waals surface area contributed by atoms with Gasteiger partial charge in [-0.15, -0.1) is 0 Å². The van der Waals surface area contributed by atoms with Crippen molar-refractivity contribution in [3.05, 3.63) is 34.6 Å². The fourth-order valence-electron chi connectivity index (χ4n) is 5.70. The summed E-state index contributed by atoms with van der Waals surface area (Å²) in [6, 6.07) is 7.71. The molecule has 26 heavy (non-hydrogen) atoms. The van der Waals surface area contributed by atoms with E-state index in [1.54, 1.807) is 0 Å². The lowest BCUT2D eigenvalue weighted by molar-refractivity contribution is -0.173. The third-order valence-corrected chi connectivity index (χ3v) is 6.84. The summed E-state index contributed by atoms with van der Waals surface area (Å²) in [5.74, 6) is 2.96. The molecule has 6 rings (SSSR count). The van der Waals surface area contributed by atoms with Crippen LogP contribution in [0.15, 0.2) is 33.3 Å². The molecule has 1 heterocycles. The molecule has 1 aromatic heterocycles. The van der Waals surface area contributed by atoms with E-state index in [1.165, 1.54) is 19.3 Å². The summed E-state index contributed by atoms with van der Waals surface area (Å²) in [7, 11) is 0. The van der Waals surface area contributed by atoms with Crippen molar-refractivity contribution in [1.29, 1.82) is 0 Å². The first-order valence-electron chi connectivity index (χ1n) is 9.35. The van der Waals surface area contributed by atoms with Crippen molar-refractivity contribution in [2.24, 2.45) is 23.2 Å². The first-order valence-corrected chi connectivity index (χ1v) is 10.1. The average molecular weight is 417 g/mol. The molecule has 4 saturated carbocycles. The van der Waals surface area contributed by atoms with Crippen LogP contribution in [-0.2, 0) is 16.1 Å². The monoisotopic (exact) mass is 416 g/mol. The van der Waals surface area contributed by atoms with Gasteiger partial charge in [-0.05, 0) is 68.4 Å². The van der Waals surface area contributed by atoms with E-state index in [-0.39, 0.29) is 18.0 Å². The van der Waals surface area contributed by atoms with Crippen LogP contribution < -0.4 is 0 Å². The van der Waals surface area contributed by atoms with Gasteiger partial charge in [-0.2, -0.15) is 4.98 Å². The van der Waals surface area contributed by atoms with Crippen molar-refractivity contribution in [2.75, 3.05) is 0 Å². The Balaban J connectivity index is 1.26.